The van der Waals surface area contributed by atoms with Crippen molar-refractivity contribution in [3.63, 3.8) is 0 Å². The van der Waals surface area contributed by atoms with Crippen LogP contribution in [-0.4, -0.2) is 65.3 Å². The number of ether oxygens (including phenoxy) is 1. The molecule has 3 aliphatic heterocycles. The Morgan fingerprint density at radius 1 is 1.38 bits per heavy atom. The number of anilines is 1. The molecule has 1 aromatic heterocycles. The molecule has 2 fully saturated rings. The van der Waals surface area contributed by atoms with E-state index in [1.807, 2.05) is 18.7 Å². The third-order valence-corrected chi connectivity index (χ3v) is 7.22. The molecule has 2 atom stereocenters. The quantitative estimate of drug-likeness (QED) is 0.673. The number of nitrogens with one attached hydrogen (secondary N) is 1. The van der Waals surface area contributed by atoms with Crippen molar-refractivity contribution in [2.24, 2.45) is 5.92 Å². The predicted octanol–water partition coefficient (Wildman–Crippen LogP) is 3.18. The number of halogens is 2. The van der Waals surface area contributed by atoms with Crippen LogP contribution in [0, 0.1) is 23.1 Å². The Morgan fingerprint density at radius 3 is 2.88 bits per heavy atom. The molecule has 0 bridgehead atoms. The van der Waals surface area contributed by atoms with Gasteiger partial charge >= 0.3 is 0 Å². The summed E-state index contributed by atoms with van der Waals surface area (Å²) in [5.41, 5.74) is -0.461. The van der Waals surface area contributed by atoms with Gasteiger partial charge in [-0.1, -0.05) is 17.7 Å². The van der Waals surface area contributed by atoms with E-state index in [-0.39, 0.29) is 63.6 Å². The first-order valence-corrected chi connectivity index (χ1v) is 11.6. The van der Waals surface area contributed by atoms with Gasteiger partial charge in [0.05, 0.1) is 23.6 Å². The number of carbonyl (C=O) groups is 1. The van der Waals surface area contributed by atoms with Crippen LogP contribution in [0.5, 0.6) is 11.5 Å². The summed E-state index contributed by atoms with van der Waals surface area (Å²) in [6.07, 6.45) is 0.578. The lowest BCUT2D eigenvalue weighted by Crippen LogP contribution is -2.55. The molecule has 1 aromatic carbocycles. The van der Waals surface area contributed by atoms with Crippen LogP contribution in [0.2, 0.25) is 5.02 Å². The van der Waals surface area contributed by atoms with Gasteiger partial charge in [-0.05, 0) is 32.4 Å². The highest BCUT2D eigenvalue weighted by molar-refractivity contribution is 6.35. The summed E-state index contributed by atoms with van der Waals surface area (Å²) in [7, 11) is 0. The molecule has 2 N–H and O–H groups in total. The van der Waals surface area contributed by atoms with Gasteiger partial charge in [0.2, 0.25) is 0 Å². The lowest BCUT2D eigenvalue weighted by molar-refractivity contribution is 0.0606. The largest absolute Gasteiger partial charge is 0.507 e. The van der Waals surface area contributed by atoms with Gasteiger partial charge in [-0.3, -0.25) is 4.79 Å². The van der Waals surface area contributed by atoms with Crippen LogP contribution in [0.15, 0.2) is 18.2 Å². The van der Waals surface area contributed by atoms with E-state index in [9.17, 15) is 19.6 Å². The Labute approximate surface area is 201 Å². The average molecular weight is 486 g/mol. The van der Waals surface area contributed by atoms with Crippen LogP contribution in [0.3, 0.4) is 0 Å². The third kappa shape index (κ3) is 3.53. The lowest BCUT2D eigenvalue weighted by Gasteiger charge is -2.36. The van der Waals surface area contributed by atoms with Crippen molar-refractivity contribution >= 4 is 23.3 Å². The number of hydrogen-bond donors (Lipinski definition) is 2. The summed E-state index contributed by atoms with van der Waals surface area (Å²) in [6, 6.07) is 6.07. The molecule has 1 amide bonds. The van der Waals surface area contributed by atoms with Crippen LogP contribution >= 0.6 is 11.6 Å². The van der Waals surface area contributed by atoms with Crippen molar-refractivity contribution in [2.75, 3.05) is 37.7 Å². The topological polar surface area (TPSA) is 102 Å². The molecule has 10 heteroatoms. The van der Waals surface area contributed by atoms with Gasteiger partial charge < -0.3 is 25.0 Å². The molecular weight excluding hydrogens is 461 g/mol. The maximum Gasteiger partial charge on any atom is 0.261 e. The molecule has 178 valence electrons. The second-order valence-electron chi connectivity index (χ2n) is 9.56. The fourth-order valence-electron chi connectivity index (χ4n) is 5.17. The van der Waals surface area contributed by atoms with Gasteiger partial charge in [0.25, 0.3) is 5.91 Å². The van der Waals surface area contributed by atoms with Crippen LogP contribution in [0.4, 0.5) is 10.2 Å². The minimum atomic E-state index is -0.697. The number of rotatable bonds is 2. The van der Waals surface area contributed by atoms with Crippen LogP contribution in [0.25, 0.3) is 11.3 Å². The van der Waals surface area contributed by atoms with E-state index >= 15 is 0 Å². The van der Waals surface area contributed by atoms with E-state index in [1.165, 1.54) is 18.2 Å². The van der Waals surface area contributed by atoms with Crippen LogP contribution in [-0.2, 0) is 0 Å². The number of benzene rings is 1. The van der Waals surface area contributed by atoms with E-state index in [1.54, 1.807) is 4.90 Å². The molecule has 34 heavy (non-hydrogen) atoms. The first-order chi connectivity index (χ1) is 16.2. The van der Waals surface area contributed by atoms with Gasteiger partial charge in [-0.15, -0.1) is 0 Å². The molecule has 2 aromatic rings. The number of phenols is 1. The summed E-state index contributed by atoms with van der Waals surface area (Å²) in [4.78, 5) is 22.2. The van der Waals surface area contributed by atoms with E-state index in [0.29, 0.717) is 32.6 Å². The number of amides is 1. The Balaban J connectivity index is 1.78. The number of piperazine rings is 1. The minimum Gasteiger partial charge on any atom is -0.507 e. The number of phenolic OH excluding ortho intramolecular Hbond substituents is 1. The van der Waals surface area contributed by atoms with Crippen molar-refractivity contribution in [3.05, 3.63) is 34.6 Å². The van der Waals surface area contributed by atoms with Gasteiger partial charge in [0, 0.05) is 31.7 Å². The molecule has 1 unspecified atom stereocenters. The Hall–Kier alpha value is -3.09. The normalized spacial score (nSPS) is 23.6. The maximum atomic E-state index is 14.9. The SMILES string of the molecule is CC1(C)CC(C#N)CN1c1nc(-c2c(O)cccc2F)c(Cl)c2c1C(=O)N1CCNC[C@@H]1CO2. The number of pyridine rings is 1. The van der Waals surface area contributed by atoms with Crippen molar-refractivity contribution < 1.29 is 19.0 Å². The first kappa shape index (κ1) is 22.7. The maximum absolute atomic E-state index is 14.9. The second-order valence-corrected chi connectivity index (χ2v) is 9.93. The molecule has 5 rings (SSSR count). The zero-order valence-corrected chi connectivity index (χ0v) is 19.7. The monoisotopic (exact) mass is 485 g/mol. The highest BCUT2D eigenvalue weighted by Gasteiger charge is 2.45. The number of fused-ring (bicyclic) bond motifs is 2. The molecule has 4 heterocycles. The first-order valence-electron chi connectivity index (χ1n) is 11.3. The van der Waals surface area contributed by atoms with E-state index < -0.39 is 11.4 Å². The van der Waals surface area contributed by atoms with Crippen molar-refractivity contribution in [3.8, 4) is 28.8 Å². The molecule has 3 aliphatic rings. The summed E-state index contributed by atoms with van der Waals surface area (Å²) >= 11 is 6.72. The lowest BCUT2D eigenvalue weighted by atomic mass is 9.97. The molecule has 0 aliphatic carbocycles. The third-order valence-electron chi connectivity index (χ3n) is 6.87. The van der Waals surface area contributed by atoms with E-state index in [2.05, 4.69) is 11.4 Å². The number of carbonyl (C=O) groups excluding carboxylic acids is 1. The van der Waals surface area contributed by atoms with Crippen molar-refractivity contribution in [1.29, 1.82) is 5.26 Å². The van der Waals surface area contributed by atoms with Gasteiger partial charge in [-0.2, -0.15) is 5.26 Å². The molecular formula is C24H25ClFN5O3. The zero-order valence-electron chi connectivity index (χ0n) is 18.9. The number of hydrogen-bond acceptors (Lipinski definition) is 7. The predicted molar refractivity (Wildman–Crippen MR) is 125 cm³/mol. The van der Waals surface area contributed by atoms with Crippen molar-refractivity contribution in [2.45, 2.75) is 31.8 Å². The summed E-state index contributed by atoms with van der Waals surface area (Å²) < 4.78 is 21.0. The molecule has 0 spiro atoms. The Morgan fingerprint density at radius 2 is 2.18 bits per heavy atom. The zero-order chi connectivity index (χ0) is 24.2. The van der Waals surface area contributed by atoms with E-state index in [4.69, 9.17) is 21.3 Å². The Kier molecular flexibility index (Phi) is 5.53. The van der Waals surface area contributed by atoms with Gasteiger partial charge in [0.1, 0.15) is 40.3 Å². The van der Waals surface area contributed by atoms with Crippen LogP contribution in [0.1, 0.15) is 30.6 Å². The van der Waals surface area contributed by atoms with Crippen molar-refractivity contribution in [1.82, 2.24) is 15.2 Å². The molecule has 0 saturated carbocycles. The average Bonchev–Trinajstić information content (AvgIpc) is 3.03. The summed E-state index contributed by atoms with van der Waals surface area (Å²) in [6.45, 7) is 6.25. The minimum absolute atomic E-state index is 0.00646. The molecule has 2 saturated heterocycles. The number of nitriles is 1. The number of aromatic nitrogens is 1. The smallest absolute Gasteiger partial charge is 0.261 e. The highest BCUT2D eigenvalue weighted by atomic mass is 35.5. The number of aromatic hydroxyl groups is 1. The second kappa shape index (κ2) is 8.29. The summed E-state index contributed by atoms with van der Waals surface area (Å²) in [5.74, 6) is -1.13. The molecule has 0 radical (unpaired) electrons. The molecule has 8 nitrogen and oxygen atoms in total. The van der Waals surface area contributed by atoms with Crippen LogP contribution < -0.4 is 15.0 Å². The fraction of sp³-hybridized carbons (Fsp3) is 0.458. The van der Waals surface area contributed by atoms with Gasteiger partial charge in [0.15, 0.2) is 5.75 Å². The van der Waals surface area contributed by atoms with E-state index in [0.717, 1.165) is 0 Å². The van der Waals surface area contributed by atoms with Gasteiger partial charge in [-0.25, -0.2) is 9.37 Å². The Bertz CT molecular complexity index is 1190. The standard InChI is InChI=1S/C24H25ClFN5O3/c1-24(2)8-13(9-27)11-31(24)22-18-21(34-12-14-10-28-6-7-30(14)23(18)33)19(25)20(29-22)17-15(26)4-3-5-16(17)32/h3-5,13-14,28,32H,6-8,10-12H2,1-2H3/t13?,14-/m1/s1. The highest BCUT2D eigenvalue weighted by Crippen LogP contribution is 2.48. The summed E-state index contributed by atoms with van der Waals surface area (Å²) in [5, 5.41) is 23.3. The fourth-order valence-corrected chi connectivity index (χ4v) is 5.46. The number of nitrogens with zero attached hydrogens (tertiary/aromatic N) is 4.